The van der Waals surface area contributed by atoms with Gasteiger partial charge in [0.15, 0.2) is 18.8 Å². The van der Waals surface area contributed by atoms with Crippen LogP contribution in [0.2, 0.25) is 0 Å². The quantitative estimate of drug-likeness (QED) is 0.0693. The summed E-state index contributed by atoms with van der Waals surface area (Å²) in [6, 6.07) is -2.02. The van der Waals surface area contributed by atoms with Crippen LogP contribution in [0.5, 0.6) is 0 Å². The summed E-state index contributed by atoms with van der Waals surface area (Å²) in [4.78, 5) is 52.8. The molecule has 10 unspecified atom stereocenters. The second-order valence-corrected chi connectivity index (χ2v) is 17.2. The van der Waals surface area contributed by atoms with Gasteiger partial charge in [0.1, 0.15) is 60.9 Å². The van der Waals surface area contributed by atoms with Gasteiger partial charge in [-0.3, -0.25) is 23.9 Å². The summed E-state index contributed by atoms with van der Waals surface area (Å²) in [5.41, 5.74) is 0.569. The highest BCUT2D eigenvalue weighted by molar-refractivity contribution is 5.77. The molecule has 2 amide bonds. The number of hydrogen-bond donors (Lipinski definition) is 11. The number of ether oxygens (including phenoxy) is 4. The number of aromatic nitrogens is 2. The van der Waals surface area contributed by atoms with Crippen molar-refractivity contribution in [3.05, 3.63) is 56.4 Å². The van der Waals surface area contributed by atoms with Crippen molar-refractivity contribution in [2.75, 3.05) is 6.61 Å². The van der Waals surface area contributed by atoms with Gasteiger partial charge in [-0.1, -0.05) is 37.1 Å². The minimum Gasteiger partial charge on any atom is -0.394 e. The first-order valence-corrected chi connectivity index (χ1v) is 20.9. The van der Waals surface area contributed by atoms with E-state index in [2.05, 4.69) is 10.6 Å². The number of allylic oxidation sites excluding steroid dienone is 4. The van der Waals surface area contributed by atoms with Crippen molar-refractivity contribution in [3.8, 4) is 0 Å². The van der Waals surface area contributed by atoms with Crippen LogP contribution in [-0.2, 0) is 28.5 Å². The SMILES string of the molecule is CC(C)=CCC[C@H](C)CC(=O)NC1C(OC2OC(C[C@@H](O)[C@H]3O[C@@H](n4ccc(=O)[nH]c4=O)[C@H](O)[C@@H]3O)C(O)C(O)C2NC(=O)C[C@@H](C)CCC=C(C)C)OC(CO)C(O)C1O. The van der Waals surface area contributed by atoms with Gasteiger partial charge in [-0.05, 0) is 65.2 Å². The molecule has 4 rings (SSSR count). The maximum Gasteiger partial charge on any atom is 0.330 e. The Kier molecular flexibility index (Phi) is 18.8. The number of nitrogens with zero attached hydrogens (tertiary/aromatic N) is 1. The predicted octanol–water partition coefficient (Wildman–Crippen LogP) is -1.68. The number of rotatable bonds is 19. The Hall–Kier alpha value is -3.38. The molecule has 0 spiro atoms. The second-order valence-electron chi connectivity index (χ2n) is 17.2. The summed E-state index contributed by atoms with van der Waals surface area (Å²) in [6.07, 6.45) is -14.6. The molecule has 11 N–H and O–H groups in total. The molecule has 3 aliphatic rings. The molecule has 3 fully saturated rings. The topological polar surface area (TPSA) is 312 Å². The average molecular weight is 871 g/mol. The summed E-state index contributed by atoms with van der Waals surface area (Å²) >= 11 is 0. The first kappa shape index (κ1) is 50.3. The molecular formula is C41H66N4O16. The normalized spacial score (nSPS) is 34.2. The van der Waals surface area contributed by atoms with Crippen LogP contribution in [0.15, 0.2) is 45.2 Å². The number of carbonyl (C=O) groups excluding carboxylic acids is 2. The maximum absolute atomic E-state index is 13.4. The number of amides is 2. The van der Waals surface area contributed by atoms with Gasteiger partial charge in [0.05, 0.1) is 18.8 Å². The fourth-order valence-electron chi connectivity index (χ4n) is 7.75. The van der Waals surface area contributed by atoms with Gasteiger partial charge in [-0.2, -0.15) is 0 Å². The van der Waals surface area contributed by atoms with Gasteiger partial charge < -0.3 is 70.4 Å². The zero-order valence-electron chi connectivity index (χ0n) is 35.6. The summed E-state index contributed by atoms with van der Waals surface area (Å²) in [6.45, 7) is 10.8. The molecule has 61 heavy (non-hydrogen) atoms. The Balaban J connectivity index is 1.59. The molecule has 3 saturated heterocycles. The number of aliphatic hydroxyl groups excluding tert-OH is 8. The molecule has 0 aliphatic carbocycles. The van der Waals surface area contributed by atoms with Crippen LogP contribution in [0.3, 0.4) is 0 Å². The minimum atomic E-state index is -1.85. The monoisotopic (exact) mass is 870 g/mol. The summed E-state index contributed by atoms with van der Waals surface area (Å²) in [7, 11) is 0. The van der Waals surface area contributed by atoms with Crippen molar-refractivity contribution >= 4 is 11.8 Å². The smallest absolute Gasteiger partial charge is 0.330 e. The number of hydrogen-bond acceptors (Lipinski definition) is 16. The third kappa shape index (κ3) is 13.6. The highest BCUT2D eigenvalue weighted by Crippen LogP contribution is 2.35. The van der Waals surface area contributed by atoms with Crippen LogP contribution in [0.4, 0.5) is 0 Å². The Bertz CT molecular complexity index is 1760. The van der Waals surface area contributed by atoms with Gasteiger partial charge in [0, 0.05) is 31.5 Å². The van der Waals surface area contributed by atoms with E-state index in [4.69, 9.17) is 18.9 Å². The Morgan fingerprint density at radius 2 is 1.26 bits per heavy atom. The lowest BCUT2D eigenvalue weighted by molar-refractivity contribution is -0.347. The van der Waals surface area contributed by atoms with Crippen molar-refractivity contribution in [2.45, 2.75) is 178 Å². The molecule has 20 nitrogen and oxygen atoms in total. The van der Waals surface area contributed by atoms with E-state index in [1.807, 2.05) is 58.7 Å². The zero-order chi connectivity index (χ0) is 45.3. The van der Waals surface area contributed by atoms with E-state index in [1.165, 1.54) is 0 Å². The molecule has 20 heteroatoms. The second kappa shape index (κ2) is 22.8. The van der Waals surface area contributed by atoms with Crippen molar-refractivity contribution in [1.82, 2.24) is 20.2 Å². The van der Waals surface area contributed by atoms with E-state index in [1.54, 1.807) is 0 Å². The molecule has 0 radical (unpaired) electrons. The Morgan fingerprint density at radius 3 is 1.74 bits per heavy atom. The lowest BCUT2D eigenvalue weighted by atomic mass is 9.90. The lowest BCUT2D eigenvalue weighted by Gasteiger charge is -2.47. The van der Waals surface area contributed by atoms with Crippen molar-refractivity contribution in [2.24, 2.45) is 11.8 Å². The fraction of sp³-hybridized carbons (Fsp3) is 0.756. The number of aromatic amines is 1. The van der Waals surface area contributed by atoms with Crippen LogP contribution in [0.1, 0.15) is 92.7 Å². The zero-order valence-corrected chi connectivity index (χ0v) is 35.6. The van der Waals surface area contributed by atoms with E-state index < -0.39 is 128 Å². The molecule has 0 aromatic carbocycles. The molecule has 4 heterocycles. The minimum absolute atomic E-state index is 0.00543. The van der Waals surface area contributed by atoms with Crippen molar-refractivity contribution in [3.63, 3.8) is 0 Å². The first-order chi connectivity index (χ1) is 28.7. The molecule has 346 valence electrons. The predicted molar refractivity (Wildman–Crippen MR) is 216 cm³/mol. The van der Waals surface area contributed by atoms with Gasteiger partial charge >= 0.3 is 5.69 Å². The van der Waals surface area contributed by atoms with Crippen LogP contribution in [-0.4, -0.2) is 155 Å². The number of nitrogens with one attached hydrogen (secondary N) is 3. The highest BCUT2D eigenvalue weighted by Gasteiger charge is 2.53. The van der Waals surface area contributed by atoms with E-state index in [-0.39, 0.29) is 24.7 Å². The van der Waals surface area contributed by atoms with Gasteiger partial charge in [0.25, 0.3) is 5.56 Å². The summed E-state index contributed by atoms with van der Waals surface area (Å²) in [5, 5.41) is 93.2. The Labute approximate surface area is 354 Å². The van der Waals surface area contributed by atoms with Gasteiger partial charge in [0.2, 0.25) is 11.8 Å². The van der Waals surface area contributed by atoms with E-state index in [0.29, 0.717) is 12.8 Å². The summed E-state index contributed by atoms with van der Waals surface area (Å²) in [5.74, 6) is -1.26. The molecule has 1 aromatic heterocycles. The molecule has 3 aliphatic heterocycles. The van der Waals surface area contributed by atoms with Crippen LogP contribution < -0.4 is 21.9 Å². The molecule has 1 aromatic rings. The van der Waals surface area contributed by atoms with E-state index in [9.17, 15) is 60.0 Å². The third-order valence-corrected chi connectivity index (χ3v) is 11.3. The standard InChI is InChI=1S/C41H66N4O16/c1-19(2)9-7-11-21(5)15-27(49)42-29-33(53)31(51)24(17-23(47)37-35(55)36(56)38(60-37)45-14-13-26(48)44-41(45)57)58-39(29)61-40-30(34(54)32(52)25(18-46)59-40)43-28(50)16-22(6)12-8-10-20(3)4/h9-10,13-14,21-25,29-40,46-47,51-56H,7-8,11-12,15-18H2,1-6H3,(H,42,49)(H,43,50)(H,44,48,57)/t21-,22-,23+,24?,25?,29?,30?,31?,32?,33?,34?,35-,36+,37+,38+,39?,40?/m0/s1. The number of aliphatic hydroxyl groups is 8. The molecule has 0 bridgehead atoms. The maximum atomic E-state index is 13.4. The van der Waals surface area contributed by atoms with E-state index in [0.717, 1.165) is 40.8 Å². The van der Waals surface area contributed by atoms with Crippen LogP contribution in [0, 0.1) is 11.8 Å². The van der Waals surface area contributed by atoms with Crippen molar-refractivity contribution in [1.29, 1.82) is 0 Å². The molecular weight excluding hydrogens is 804 g/mol. The fourth-order valence-corrected chi connectivity index (χ4v) is 7.75. The first-order valence-electron chi connectivity index (χ1n) is 20.9. The summed E-state index contributed by atoms with van der Waals surface area (Å²) < 4.78 is 24.6. The third-order valence-electron chi connectivity index (χ3n) is 11.3. The highest BCUT2D eigenvalue weighted by atomic mass is 16.8. The Morgan fingerprint density at radius 1 is 0.770 bits per heavy atom. The molecule has 17 atom stereocenters. The average Bonchev–Trinajstić information content (AvgIpc) is 3.47. The molecule has 0 saturated carbocycles. The largest absolute Gasteiger partial charge is 0.394 e. The van der Waals surface area contributed by atoms with Gasteiger partial charge in [-0.15, -0.1) is 0 Å². The van der Waals surface area contributed by atoms with Gasteiger partial charge in [-0.25, -0.2) is 4.79 Å². The number of carbonyl (C=O) groups is 2. The van der Waals surface area contributed by atoms with E-state index >= 15 is 0 Å². The number of H-pyrrole nitrogens is 1. The van der Waals surface area contributed by atoms with Crippen molar-refractivity contribution < 1.29 is 69.4 Å². The van der Waals surface area contributed by atoms with Crippen LogP contribution in [0.25, 0.3) is 0 Å². The van der Waals surface area contributed by atoms with Crippen LogP contribution >= 0.6 is 0 Å². The lowest BCUT2D eigenvalue weighted by Crippen LogP contribution is -2.69.